The Morgan fingerprint density at radius 2 is 2.19 bits per heavy atom. The highest BCUT2D eigenvalue weighted by atomic mass is 16.6. The molecule has 2 atom stereocenters. The average molecular weight is 291 g/mol. The van der Waals surface area contributed by atoms with E-state index in [4.69, 9.17) is 11.2 Å². The van der Waals surface area contributed by atoms with Gasteiger partial charge in [-0.3, -0.25) is 10.1 Å². The molecule has 0 bridgehead atoms. The van der Waals surface area contributed by atoms with E-state index in [-0.39, 0.29) is 36.1 Å². The molecular weight excluding hydrogens is 274 g/mol. The number of hydrogen-bond acceptors (Lipinski definition) is 7. The minimum Gasteiger partial charge on any atom is -0.372 e. The summed E-state index contributed by atoms with van der Waals surface area (Å²) in [6, 6.07) is 0. The Kier molecular flexibility index (Phi) is 4.55. The van der Waals surface area contributed by atoms with Crippen molar-refractivity contribution in [2.24, 2.45) is 0 Å². The van der Waals surface area contributed by atoms with Gasteiger partial charge in [-0.05, 0) is 13.8 Å². The molecule has 1 aliphatic rings. The molecular formula is C13H17N5O3. The lowest BCUT2D eigenvalue weighted by Crippen LogP contribution is -2.46. The number of nitro groups is 1. The van der Waals surface area contributed by atoms with E-state index in [2.05, 4.69) is 21.2 Å². The third-order valence-corrected chi connectivity index (χ3v) is 3.06. The van der Waals surface area contributed by atoms with Gasteiger partial charge in [-0.25, -0.2) is 9.97 Å². The van der Waals surface area contributed by atoms with Crippen LogP contribution in [-0.4, -0.2) is 46.7 Å². The number of nitrogens with zero attached hydrogens (tertiary/aromatic N) is 4. The molecule has 1 aromatic rings. The Labute approximate surface area is 122 Å². The molecule has 1 saturated heterocycles. The molecule has 1 N–H and O–H groups in total. The van der Waals surface area contributed by atoms with Gasteiger partial charge in [-0.15, -0.1) is 6.42 Å². The predicted molar refractivity (Wildman–Crippen MR) is 78.2 cm³/mol. The topological polar surface area (TPSA) is 93.4 Å². The fraction of sp³-hybridized carbons (Fsp3) is 0.538. The third-order valence-electron chi connectivity index (χ3n) is 3.06. The van der Waals surface area contributed by atoms with Crippen molar-refractivity contribution in [3.63, 3.8) is 0 Å². The van der Waals surface area contributed by atoms with Crippen molar-refractivity contribution >= 4 is 17.3 Å². The lowest BCUT2D eigenvalue weighted by molar-refractivity contribution is -0.383. The van der Waals surface area contributed by atoms with Gasteiger partial charge >= 0.3 is 5.69 Å². The Balaban J connectivity index is 2.38. The van der Waals surface area contributed by atoms with E-state index in [1.54, 1.807) is 0 Å². The molecule has 0 saturated carbocycles. The Hall–Kier alpha value is -2.40. The van der Waals surface area contributed by atoms with Gasteiger partial charge in [0.2, 0.25) is 11.6 Å². The van der Waals surface area contributed by atoms with Crippen LogP contribution in [0.4, 0.5) is 17.3 Å². The minimum atomic E-state index is -0.487. The van der Waals surface area contributed by atoms with Crippen LogP contribution in [0.15, 0.2) is 6.33 Å². The van der Waals surface area contributed by atoms with E-state index < -0.39 is 4.92 Å². The summed E-state index contributed by atoms with van der Waals surface area (Å²) in [5, 5.41) is 14.1. The molecule has 0 spiro atoms. The van der Waals surface area contributed by atoms with E-state index >= 15 is 0 Å². The van der Waals surface area contributed by atoms with Crippen LogP contribution in [0.2, 0.25) is 0 Å². The lowest BCUT2D eigenvalue weighted by Gasteiger charge is -2.35. The molecule has 112 valence electrons. The molecule has 21 heavy (non-hydrogen) atoms. The first kappa shape index (κ1) is 15.0. The van der Waals surface area contributed by atoms with Crippen LogP contribution in [-0.2, 0) is 4.74 Å². The second-order valence-electron chi connectivity index (χ2n) is 4.87. The van der Waals surface area contributed by atoms with Crippen molar-refractivity contribution in [1.29, 1.82) is 0 Å². The van der Waals surface area contributed by atoms with Gasteiger partial charge in [0, 0.05) is 13.1 Å². The third kappa shape index (κ3) is 3.38. The highest BCUT2D eigenvalue weighted by Crippen LogP contribution is 2.33. The van der Waals surface area contributed by atoms with Crippen molar-refractivity contribution in [2.45, 2.75) is 26.1 Å². The maximum Gasteiger partial charge on any atom is 0.353 e. The highest BCUT2D eigenvalue weighted by Gasteiger charge is 2.31. The molecule has 1 fully saturated rings. The molecule has 2 rings (SSSR count). The van der Waals surface area contributed by atoms with Gasteiger partial charge in [-0.1, -0.05) is 5.92 Å². The maximum absolute atomic E-state index is 11.4. The number of morpholine rings is 1. The fourth-order valence-corrected chi connectivity index (χ4v) is 2.38. The summed E-state index contributed by atoms with van der Waals surface area (Å²) in [6.07, 6.45) is 6.42. The quantitative estimate of drug-likeness (QED) is 0.503. The van der Waals surface area contributed by atoms with Crippen LogP contribution in [0.3, 0.4) is 0 Å². The van der Waals surface area contributed by atoms with Crippen LogP contribution in [0, 0.1) is 22.5 Å². The Morgan fingerprint density at radius 1 is 1.52 bits per heavy atom. The second-order valence-corrected chi connectivity index (χ2v) is 4.87. The molecule has 0 aliphatic carbocycles. The molecule has 8 nitrogen and oxygen atoms in total. The van der Waals surface area contributed by atoms with Crippen molar-refractivity contribution < 1.29 is 9.66 Å². The van der Waals surface area contributed by atoms with E-state index in [1.165, 1.54) is 6.33 Å². The standard InChI is InChI=1S/C13H17N5O3/c1-4-5-14-12-11(18(19)20)13(16-8-15-12)17-6-9(2)21-10(3)7-17/h1,8-10H,5-7H2,2-3H3,(H,14,15,16). The van der Waals surface area contributed by atoms with Gasteiger partial charge < -0.3 is 15.0 Å². The number of aromatic nitrogens is 2. The van der Waals surface area contributed by atoms with Gasteiger partial charge in [0.05, 0.1) is 23.7 Å². The average Bonchev–Trinajstić information content (AvgIpc) is 2.43. The molecule has 8 heteroatoms. The Bertz CT molecular complexity index is 561. The predicted octanol–water partition coefficient (Wildman–Crippen LogP) is 1.04. The van der Waals surface area contributed by atoms with Gasteiger partial charge in [0.25, 0.3) is 0 Å². The van der Waals surface area contributed by atoms with Crippen molar-refractivity contribution in [3.8, 4) is 12.3 Å². The van der Waals surface area contributed by atoms with Crippen molar-refractivity contribution in [2.75, 3.05) is 29.9 Å². The maximum atomic E-state index is 11.4. The number of rotatable bonds is 4. The molecule has 0 aromatic carbocycles. The fourth-order valence-electron chi connectivity index (χ4n) is 2.38. The van der Waals surface area contributed by atoms with Gasteiger partial charge in [0.1, 0.15) is 6.33 Å². The number of hydrogen-bond donors (Lipinski definition) is 1. The van der Waals surface area contributed by atoms with E-state index in [9.17, 15) is 10.1 Å². The molecule has 2 heterocycles. The number of anilines is 2. The summed E-state index contributed by atoms with van der Waals surface area (Å²) in [5.74, 6) is 2.79. The summed E-state index contributed by atoms with van der Waals surface area (Å²) >= 11 is 0. The second kappa shape index (κ2) is 6.37. The molecule has 1 aromatic heterocycles. The zero-order valence-corrected chi connectivity index (χ0v) is 11.9. The zero-order chi connectivity index (χ0) is 15.4. The van der Waals surface area contributed by atoms with Crippen molar-refractivity contribution in [1.82, 2.24) is 9.97 Å². The first-order valence-electron chi connectivity index (χ1n) is 6.60. The highest BCUT2D eigenvalue weighted by molar-refractivity contribution is 5.70. The van der Waals surface area contributed by atoms with E-state index in [1.807, 2.05) is 18.7 Å². The van der Waals surface area contributed by atoms with E-state index in [0.717, 1.165) is 0 Å². The number of ether oxygens (including phenoxy) is 1. The van der Waals surface area contributed by atoms with Crippen molar-refractivity contribution in [3.05, 3.63) is 16.4 Å². The van der Waals surface area contributed by atoms with Crippen LogP contribution in [0.5, 0.6) is 0 Å². The largest absolute Gasteiger partial charge is 0.372 e. The van der Waals surface area contributed by atoms with Crippen LogP contribution in [0.1, 0.15) is 13.8 Å². The van der Waals surface area contributed by atoms with Gasteiger partial charge in [-0.2, -0.15) is 0 Å². The Morgan fingerprint density at radius 3 is 2.76 bits per heavy atom. The molecule has 1 aliphatic heterocycles. The number of terminal acetylenes is 1. The zero-order valence-electron chi connectivity index (χ0n) is 11.9. The normalized spacial score (nSPS) is 21.7. The monoisotopic (exact) mass is 291 g/mol. The molecule has 2 unspecified atom stereocenters. The first-order valence-corrected chi connectivity index (χ1v) is 6.60. The summed E-state index contributed by atoms with van der Waals surface area (Å²) in [7, 11) is 0. The SMILES string of the molecule is C#CCNc1ncnc(N2CC(C)OC(C)C2)c1[N+](=O)[O-]. The molecule has 0 amide bonds. The minimum absolute atomic E-state index is 0.0227. The summed E-state index contributed by atoms with van der Waals surface area (Å²) < 4.78 is 5.64. The number of nitrogens with one attached hydrogen (secondary N) is 1. The smallest absolute Gasteiger partial charge is 0.353 e. The summed E-state index contributed by atoms with van der Waals surface area (Å²) in [6.45, 7) is 5.08. The summed E-state index contributed by atoms with van der Waals surface area (Å²) in [4.78, 5) is 20.7. The van der Waals surface area contributed by atoms with Crippen LogP contribution in [0.25, 0.3) is 0 Å². The van der Waals surface area contributed by atoms with Gasteiger partial charge in [0.15, 0.2) is 0 Å². The van der Waals surface area contributed by atoms with Crippen LogP contribution < -0.4 is 10.2 Å². The first-order chi connectivity index (χ1) is 10.0. The van der Waals surface area contributed by atoms with Crippen LogP contribution >= 0.6 is 0 Å². The summed E-state index contributed by atoms with van der Waals surface area (Å²) in [5.41, 5.74) is -0.158. The lowest BCUT2D eigenvalue weighted by atomic mass is 10.2. The molecule has 0 radical (unpaired) electrons. The van der Waals surface area contributed by atoms with E-state index in [0.29, 0.717) is 13.1 Å².